The van der Waals surface area contributed by atoms with Crippen molar-refractivity contribution >= 4 is 18.3 Å². The lowest BCUT2D eigenvalue weighted by molar-refractivity contribution is -0.135. The number of carbonyl (C=O) groups excluding carboxylic acids is 1. The summed E-state index contributed by atoms with van der Waals surface area (Å²) < 4.78 is 11.2. The highest BCUT2D eigenvalue weighted by atomic mass is 35.5. The van der Waals surface area contributed by atoms with Crippen LogP contribution in [0.3, 0.4) is 0 Å². The van der Waals surface area contributed by atoms with Gasteiger partial charge < -0.3 is 20.1 Å². The Kier molecular flexibility index (Phi) is 8.00. The maximum absolute atomic E-state index is 12.0. The minimum atomic E-state index is -0.405. The van der Waals surface area contributed by atoms with Crippen LogP contribution in [0.1, 0.15) is 33.3 Å². The van der Waals surface area contributed by atoms with Crippen LogP contribution in [0.25, 0.3) is 0 Å². The lowest BCUT2D eigenvalue weighted by atomic mass is 9.87. The number of morpholine rings is 1. The van der Waals surface area contributed by atoms with E-state index in [0.29, 0.717) is 19.8 Å². The maximum atomic E-state index is 12.0. The van der Waals surface area contributed by atoms with Crippen molar-refractivity contribution in [1.82, 2.24) is 10.6 Å². The van der Waals surface area contributed by atoms with Gasteiger partial charge in [-0.2, -0.15) is 0 Å². The van der Waals surface area contributed by atoms with Gasteiger partial charge in [-0.15, -0.1) is 12.4 Å². The van der Waals surface area contributed by atoms with Gasteiger partial charge in [0.2, 0.25) is 0 Å². The van der Waals surface area contributed by atoms with Crippen molar-refractivity contribution in [3.8, 4) is 5.75 Å². The summed E-state index contributed by atoms with van der Waals surface area (Å²) in [6, 6.07) is 8.04. The predicted octanol–water partition coefficient (Wildman–Crippen LogP) is 2.28. The molecular weight excluding hydrogens is 328 g/mol. The van der Waals surface area contributed by atoms with Crippen LogP contribution in [0, 0.1) is 0 Å². The van der Waals surface area contributed by atoms with E-state index in [1.54, 1.807) is 0 Å². The van der Waals surface area contributed by atoms with E-state index in [4.69, 9.17) is 9.47 Å². The molecule has 1 aliphatic heterocycles. The highest BCUT2D eigenvalue weighted by Gasteiger charge is 2.23. The molecule has 0 spiro atoms. The summed E-state index contributed by atoms with van der Waals surface area (Å²) >= 11 is 0. The van der Waals surface area contributed by atoms with Crippen molar-refractivity contribution in [3.05, 3.63) is 29.8 Å². The third-order valence-electron chi connectivity index (χ3n) is 3.83. The van der Waals surface area contributed by atoms with E-state index < -0.39 is 6.10 Å². The number of halogens is 1. The lowest BCUT2D eigenvalue weighted by Crippen LogP contribution is -2.50. The minimum absolute atomic E-state index is 0. The molecule has 2 N–H and O–H groups in total. The molecule has 24 heavy (non-hydrogen) atoms. The van der Waals surface area contributed by atoms with E-state index in [1.807, 2.05) is 19.1 Å². The zero-order valence-corrected chi connectivity index (χ0v) is 15.7. The van der Waals surface area contributed by atoms with Crippen LogP contribution in [-0.4, -0.2) is 44.4 Å². The van der Waals surface area contributed by atoms with Crippen LogP contribution in [0.2, 0.25) is 0 Å². The molecule has 0 radical (unpaired) electrons. The molecule has 2 unspecified atom stereocenters. The largest absolute Gasteiger partial charge is 0.491 e. The number of amides is 1. The maximum Gasteiger partial charge on any atom is 0.250 e. The Bertz CT molecular complexity index is 508. The average Bonchev–Trinajstić information content (AvgIpc) is 2.53. The van der Waals surface area contributed by atoms with Crippen molar-refractivity contribution in [3.63, 3.8) is 0 Å². The summed E-state index contributed by atoms with van der Waals surface area (Å²) in [6.07, 6.45) is -0.405. The van der Waals surface area contributed by atoms with Crippen molar-refractivity contribution in [2.75, 3.05) is 26.3 Å². The number of carbonyl (C=O) groups is 1. The molecular formula is C18H29ClN2O3. The summed E-state index contributed by atoms with van der Waals surface area (Å²) in [5.74, 6) is 0.728. The zero-order valence-electron chi connectivity index (χ0n) is 14.9. The number of ether oxygens (including phenoxy) is 2. The van der Waals surface area contributed by atoms with Crippen LogP contribution in [0.5, 0.6) is 5.75 Å². The van der Waals surface area contributed by atoms with E-state index in [9.17, 15) is 4.79 Å². The fraction of sp³-hybridized carbons (Fsp3) is 0.611. The number of nitrogens with one attached hydrogen (secondary N) is 2. The second-order valence-corrected chi connectivity index (χ2v) is 7.06. The normalized spacial score (nSPS) is 19.1. The molecule has 2 atom stereocenters. The van der Waals surface area contributed by atoms with Gasteiger partial charge in [0.15, 0.2) is 0 Å². The number of rotatable bonds is 5. The molecule has 1 amide bonds. The smallest absolute Gasteiger partial charge is 0.250 e. The van der Waals surface area contributed by atoms with Gasteiger partial charge in [0, 0.05) is 13.1 Å². The first-order valence-electron chi connectivity index (χ1n) is 8.22. The standard InChI is InChI=1S/C18H28N2O3.ClH/c1-13(20-17(21)16-11-19-9-10-22-16)12-23-15-7-5-14(6-8-15)18(2,3)4;/h5-8,13,16,19H,9-12H2,1-4H3,(H,20,21);1H. The van der Waals surface area contributed by atoms with Gasteiger partial charge in [0.1, 0.15) is 18.5 Å². The predicted molar refractivity (Wildman–Crippen MR) is 98.1 cm³/mol. The second kappa shape index (κ2) is 9.25. The molecule has 2 rings (SSSR count). The molecule has 1 aromatic carbocycles. The molecule has 5 nitrogen and oxygen atoms in total. The Balaban J connectivity index is 0.00000288. The molecule has 1 aliphatic rings. The SMILES string of the molecule is CC(COc1ccc(C(C)(C)C)cc1)NC(=O)C1CNCCO1.Cl. The van der Waals surface area contributed by atoms with Crippen molar-refractivity contribution in [1.29, 1.82) is 0 Å². The average molecular weight is 357 g/mol. The first kappa shape index (κ1) is 20.7. The van der Waals surface area contributed by atoms with Gasteiger partial charge in [-0.05, 0) is 30.0 Å². The van der Waals surface area contributed by atoms with Gasteiger partial charge in [0.05, 0.1) is 12.6 Å². The lowest BCUT2D eigenvalue weighted by Gasteiger charge is -2.24. The molecule has 0 aromatic heterocycles. The fourth-order valence-corrected chi connectivity index (χ4v) is 2.38. The van der Waals surface area contributed by atoms with Crippen LogP contribution in [-0.2, 0) is 14.9 Å². The van der Waals surface area contributed by atoms with E-state index in [1.165, 1.54) is 5.56 Å². The molecule has 0 aliphatic carbocycles. The van der Waals surface area contributed by atoms with E-state index >= 15 is 0 Å². The monoisotopic (exact) mass is 356 g/mol. The minimum Gasteiger partial charge on any atom is -0.491 e. The summed E-state index contributed by atoms with van der Waals surface area (Å²) in [5, 5.41) is 6.07. The molecule has 1 heterocycles. The van der Waals surface area contributed by atoms with E-state index in [2.05, 4.69) is 43.5 Å². The molecule has 1 fully saturated rings. The summed E-state index contributed by atoms with van der Waals surface area (Å²) in [5.41, 5.74) is 1.40. The van der Waals surface area contributed by atoms with Crippen LogP contribution >= 0.6 is 12.4 Å². The highest BCUT2D eigenvalue weighted by Crippen LogP contribution is 2.24. The highest BCUT2D eigenvalue weighted by molar-refractivity contribution is 5.85. The van der Waals surface area contributed by atoms with Crippen molar-refractivity contribution < 1.29 is 14.3 Å². The van der Waals surface area contributed by atoms with E-state index in [0.717, 1.165) is 12.3 Å². The molecule has 136 valence electrons. The summed E-state index contributed by atoms with van der Waals surface area (Å²) in [7, 11) is 0. The van der Waals surface area contributed by atoms with Crippen LogP contribution in [0.4, 0.5) is 0 Å². The van der Waals surface area contributed by atoms with Gasteiger partial charge >= 0.3 is 0 Å². The number of hydrogen-bond donors (Lipinski definition) is 2. The van der Waals surface area contributed by atoms with Crippen molar-refractivity contribution in [2.45, 2.75) is 45.3 Å². The number of hydrogen-bond acceptors (Lipinski definition) is 4. The third-order valence-corrected chi connectivity index (χ3v) is 3.83. The number of benzene rings is 1. The zero-order chi connectivity index (χ0) is 16.9. The van der Waals surface area contributed by atoms with Gasteiger partial charge in [-0.25, -0.2) is 0 Å². The summed E-state index contributed by atoms with van der Waals surface area (Å²) in [6.45, 7) is 10.8. The Morgan fingerprint density at radius 2 is 2.04 bits per heavy atom. The Morgan fingerprint density at radius 3 is 2.58 bits per heavy atom. The molecule has 0 saturated carbocycles. The Morgan fingerprint density at radius 1 is 1.38 bits per heavy atom. The van der Waals surface area contributed by atoms with Gasteiger partial charge in [-0.3, -0.25) is 4.79 Å². The first-order valence-corrected chi connectivity index (χ1v) is 8.22. The fourth-order valence-electron chi connectivity index (χ4n) is 2.38. The first-order chi connectivity index (χ1) is 10.9. The van der Waals surface area contributed by atoms with Gasteiger partial charge in [-0.1, -0.05) is 32.9 Å². The van der Waals surface area contributed by atoms with Crippen LogP contribution < -0.4 is 15.4 Å². The van der Waals surface area contributed by atoms with Crippen molar-refractivity contribution in [2.24, 2.45) is 0 Å². The Hall–Kier alpha value is -1.30. The quantitative estimate of drug-likeness (QED) is 0.849. The topological polar surface area (TPSA) is 59.6 Å². The van der Waals surface area contributed by atoms with Crippen LogP contribution in [0.15, 0.2) is 24.3 Å². The molecule has 1 saturated heterocycles. The molecule has 1 aromatic rings. The molecule has 6 heteroatoms. The Labute approximate surface area is 150 Å². The summed E-state index contributed by atoms with van der Waals surface area (Å²) in [4.78, 5) is 12.0. The molecule has 0 bridgehead atoms. The third kappa shape index (κ3) is 6.30. The van der Waals surface area contributed by atoms with Gasteiger partial charge in [0.25, 0.3) is 5.91 Å². The van der Waals surface area contributed by atoms with E-state index in [-0.39, 0.29) is 29.8 Å². The second-order valence-electron chi connectivity index (χ2n) is 7.06.